The summed E-state index contributed by atoms with van der Waals surface area (Å²) in [5.74, 6) is -1.79. The Hall–Kier alpha value is -2.62. The van der Waals surface area contributed by atoms with Crippen molar-refractivity contribution < 1.29 is 19.1 Å². The van der Waals surface area contributed by atoms with Gasteiger partial charge in [-0.15, -0.1) is 0 Å². The summed E-state index contributed by atoms with van der Waals surface area (Å²) in [6.07, 6.45) is 0. The van der Waals surface area contributed by atoms with Gasteiger partial charge in [0.05, 0.1) is 22.7 Å². The smallest absolute Gasteiger partial charge is 0.319 e. The second kappa shape index (κ2) is 6.02. The average Bonchev–Trinajstić information content (AvgIpc) is 2.38. The second-order valence-corrected chi connectivity index (χ2v) is 4.80. The van der Waals surface area contributed by atoms with E-state index in [1.54, 1.807) is 6.07 Å². The van der Waals surface area contributed by atoms with Crippen LogP contribution in [0.3, 0.4) is 0 Å². The van der Waals surface area contributed by atoms with E-state index < -0.39 is 23.2 Å². The molecule has 0 aromatic heterocycles. The van der Waals surface area contributed by atoms with Crippen LogP contribution in [-0.2, 0) is 4.79 Å². The summed E-state index contributed by atoms with van der Waals surface area (Å²) in [5, 5.41) is 22.1. The number of carbonyl (C=O) groups excluding carboxylic acids is 1. The van der Waals surface area contributed by atoms with Gasteiger partial charge in [-0.05, 0) is 32.0 Å². The minimum Gasteiger partial charge on any atom is -0.481 e. The van der Waals surface area contributed by atoms with E-state index in [2.05, 4.69) is 10.6 Å². The highest BCUT2D eigenvalue weighted by atomic mass is 19.1. The Morgan fingerprint density at radius 2 is 2.10 bits per heavy atom. The zero-order chi connectivity index (χ0) is 15.3. The molecular weight excluding hydrogens is 265 g/mol. The molecule has 0 fully saturated rings. The minimum absolute atomic E-state index is 0.0883. The number of anilines is 1. The van der Waals surface area contributed by atoms with Crippen molar-refractivity contribution in [3.05, 3.63) is 29.6 Å². The molecule has 7 heteroatoms. The van der Waals surface area contributed by atoms with Crippen molar-refractivity contribution in [3.8, 4) is 6.07 Å². The summed E-state index contributed by atoms with van der Waals surface area (Å²) in [6.45, 7) is 2.81. The van der Waals surface area contributed by atoms with Gasteiger partial charge in [0.25, 0.3) is 0 Å². The maximum atomic E-state index is 13.5. The minimum atomic E-state index is -1.12. The van der Waals surface area contributed by atoms with Gasteiger partial charge >= 0.3 is 12.0 Å². The zero-order valence-corrected chi connectivity index (χ0v) is 11.0. The third kappa shape index (κ3) is 3.95. The number of benzene rings is 1. The summed E-state index contributed by atoms with van der Waals surface area (Å²) in [7, 11) is 0. The number of carboxylic acid groups (broad SMARTS) is 1. The SMILES string of the molecule is CC(C)(CNC(=O)Nc1ccc(C#N)cc1F)C(=O)O. The summed E-state index contributed by atoms with van der Waals surface area (Å²) < 4.78 is 13.5. The molecule has 1 aromatic carbocycles. The van der Waals surface area contributed by atoms with Crippen molar-refractivity contribution in [2.75, 3.05) is 11.9 Å². The summed E-state index contributed by atoms with van der Waals surface area (Å²) in [4.78, 5) is 22.4. The monoisotopic (exact) mass is 279 g/mol. The molecule has 0 atom stereocenters. The Labute approximate surface area is 115 Å². The summed E-state index contributed by atoms with van der Waals surface area (Å²) in [5.41, 5.74) is -1.07. The van der Waals surface area contributed by atoms with E-state index in [0.717, 1.165) is 6.07 Å². The fraction of sp³-hybridized carbons (Fsp3) is 0.308. The number of halogens is 1. The van der Waals surface area contributed by atoms with Gasteiger partial charge in [0.2, 0.25) is 0 Å². The molecule has 2 amide bonds. The lowest BCUT2D eigenvalue weighted by Crippen LogP contribution is -2.40. The first-order valence-corrected chi connectivity index (χ1v) is 5.74. The van der Waals surface area contributed by atoms with Crippen LogP contribution in [0.5, 0.6) is 0 Å². The molecule has 0 aliphatic carbocycles. The zero-order valence-electron chi connectivity index (χ0n) is 11.0. The molecule has 0 aliphatic rings. The van der Waals surface area contributed by atoms with Crippen LogP contribution in [-0.4, -0.2) is 23.7 Å². The number of hydrogen-bond donors (Lipinski definition) is 3. The number of carboxylic acids is 1. The van der Waals surface area contributed by atoms with Gasteiger partial charge in [-0.1, -0.05) is 0 Å². The van der Waals surface area contributed by atoms with Gasteiger partial charge < -0.3 is 15.7 Å². The van der Waals surface area contributed by atoms with Crippen LogP contribution in [0.2, 0.25) is 0 Å². The maximum absolute atomic E-state index is 13.5. The molecule has 0 saturated carbocycles. The number of nitrogens with one attached hydrogen (secondary N) is 2. The molecule has 106 valence electrons. The normalized spacial score (nSPS) is 10.5. The third-order valence-corrected chi connectivity index (χ3v) is 2.62. The number of aliphatic carboxylic acids is 1. The molecule has 0 saturated heterocycles. The molecule has 0 heterocycles. The van der Waals surface area contributed by atoms with E-state index in [1.165, 1.54) is 26.0 Å². The van der Waals surface area contributed by atoms with E-state index in [1.807, 2.05) is 0 Å². The van der Waals surface area contributed by atoms with Crippen LogP contribution < -0.4 is 10.6 Å². The van der Waals surface area contributed by atoms with Crippen LogP contribution in [0.1, 0.15) is 19.4 Å². The molecule has 1 rings (SSSR count). The van der Waals surface area contributed by atoms with Crippen molar-refractivity contribution in [1.29, 1.82) is 5.26 Å². The number of nitriles is 1. The largest absolute Gasteiger partial charge is 0.481 e. The Morgan fingerprint density at radius 3 is 2.60 bits per heavy atom. The Bertz CT molecular complexity index is 579. The lowest BCUT2D eigenvalue weighted by molar-refractivity contribution is -0.146. The van der Waals surface area contributed by atoms with Crippen LogP contribution in [0.25, 0.3) is 0 Å². The van der Waals surface area contributed by atoms with E-state index in [-0.39, 0.29) is 17.8 Å². The maximum Gasteiger partial charge on any atom is 0.319 e. The number of rotatable bonds is 4. The summed E-state index contributed by atoms with van der Waals surface area (Å²) >= 11 is 0. The highest BCUT2D eigenvalue weighted by molar-refractivity contribution is 5.89. The number of hydrogen-bond acceptors (Lipinski definition) is 3. The number of amides is 2. The lowest BCUT2D eigenvalue weighted by atomic mass is 9.94. The first-order valence-electron chi connectivity index (χ1n) is 5.74. The van der Waals surface area contributed by atoms with E-state index in [0.29, 0.717) is 0 Å². The van der Waals surface area contributed by atoms with E-state index >= 15 is 0 Å². The van der Waals surface area contributed by atoms with Gasteiger partial charge in [0.15, 0.2) is 0 Å². The van der Waals surface area contributed by atoms with Gasteiger partial charge in [-0.2, -0.15) is 5.26 Å². The van der Waals surface area contributed by atoms with Gasteiger partial charge in [0, 0.05) is 6.54 Å². The molecule has 0 unspecified atom stereocenters. The third-order valence-electron chi connectivity index (χ3n) is 2.62. The van der Waals surface area contributed by atoms with Crippen molar-refractivity contribution >= 4 is 17.7 Å². The molecule has 6 nitrogen and oxygen atoms in total. The first-order chi connectivity index (χ1) is 9.26. The van der Waals surface area contributed by atoms with Crippen molar-refractivity contribution in [2.45, 2.75) is 13.8 Å². The predicted molar refractivity (Wildman–Crippen MR) is 69.6 cm³/mol. The fourth-order valence-electron chi connectivity index (χ4n) is 1.23. The predicted octanol–water partition coefficient (Wildman–Crippen LogP) is 1.93. The Kier molecular flexibility index (Phi) is 4.64. The number of urea groups is 1. The van der Waals surface area contributed by atoms with Gasteiger partial charge in [-0.3, -0.25) is 4.79 Å². The number of carbonyl (C=O) groups is 2. The first kappa shape index (κ1) is 15.4. The molecular formula is C13H14FN3O3. The summed E-state index contributed by atoms with van der Waals surface area (Å²) in [6, 6.07) is 4.67. The van der Waals surface area contributed by atoms with Crippen molar-refractivity contribution in [2.24, 2.45) is 5.41 Å². The Balaban J connectivity index is 2.64. The van der Waals surface area contributed by atoms with Crippen LogP contribution in [0.4, 0.5) is 14.9 Å². The van der Waals surface area contributed by atoms with Crippen molar-refractivity contribution in [1.82, 2.24) is 5.32 Å². The molecule has 0 radical (unpaired) electrons. The highest BCUT2D eigenvalue weighted by Crippen LogP contribution is 2.16. The fourth-order valence-corrected chi connectivity index (χ4v) is 1.23. The van der Waals surface area contributed by atoms with Crippen LogP contribution >= 0.6 is 0 Å². The molecule has 0 spiro atoms. The second-order valence-electron chi connectivity index (χ2n) is 4.80. The number of nitrogens with zero attached hydrogens (tertiary/aromatic N) is 1. The van der Waals surface area contributed by atoms with Crippen LogP contribution in [0.15, 0.2) is 18.2 Å². The van der Waals surface area contributed by atoms with Gasteiger partial charge in [-0.25, -0.2) is 9.18 Å². The average molecular weight is 279 g/mol. The van der Waals surface area contributed by atoms with Crippen LogP contribution in [0, 0.1) is 22.6 Å². The van der Waals surface area contributed by atoms with Crippen molar-refractivity contribution in [3.63, 3.8) is 0 Å². The standard InChI is InChI=1S/C13H14FN3O3/c1-13(2,11(18)19)7-16-12(20)17-10-4-3-8(6-15)5-9(10)14/h3-5H,7H2,1-2H3,(H,18,19)(H2,16,17,20). The quantitative estimate of drug-likeness (QED) is 0.783. The Morgan fingerprint density at radius 1 is 1.45 bits per heavy atom. The van der Waals surface area contributed by atoms with E-state index in [4.69, 9.17) is 10.4 Å². The van der Waals surface area contributed by atoms with Gasteiger partial charge in [0.1, 0.15) is 5.82 Å². The molecule has 0 aliphatic heterocycles. The molecule has 3 N–H and O–H groups in total. The molecule has 20 heavy (non-hydrogen) atoms. The highest BCUT2D eigenvalue weighted by Gasteiger charge is 2.27. The molecule has 1 aromatic rings. The topological polar surface area (TPSA) is 102 Å². The van der Waals surface area contributed by atoms with E-state index in [9.17, 15) is 14.0 Å². The lowest BCUT2D eigenvalue weighted by Gasteiger charge is -2.19. The molecule has 0 bridgehead atoms.